The molecule has 0 saturated carbocycles. The molecule has 4 aromatic rings. The fraction of sp³-hybridized carbons (Fsp3) is 0.370. The van der Waals surface area contributed by atoms with Gasteiger partial charge in [0.25, 0.3) is 0 Å². The number of nitrogens with zero attached hydrogens (tertiary/aromatic N) is 8. The summed E-state index contributed by atoms with van der Waals surface area (Å²) in [6.07, 6.45) is 4.38. The van der Waals surface area contributed by atoms with E-state index in [1.54, 1.807) is 10.7 Å². The van der Waals surface area contributed by atoms with Crippen molar-refractivity contribution in [2.24, 2.45) is 12.5 Å². The van der Waals surface area contributed by atoms with Crippen molar-refractivity contribution < 1.29 is 9.90 Å². The molecule has 1 amide bonds. The number of carboxylic acid groups (broad SMARTS) is 1. The summed E-state index contributed by atoms with van der Waals surface area (Å²) in [5.74, 6) is 0.796. The standard InChI is InChI=1S/C27H30N8O2/c1-17-10-22(31-32(17)5)19-11-21(25-20(12-28)14-30-35(25)15-19)18-6-7-24(29-13-18)33-8-9-34(26(36)37)23(16-33)27(2,3)4/h6-7,10-11,13-15,23H,8-9,16H2,1-5H3,(H,36,37). The fourth-order valence-corrected chi connectivity index (χ4v) is 4.96. The van der Waals surface area contributed by atoms with Crippen LogP contribution < -0.4 is 4.90 Å². The van der Waals surface area contributed by atoms with Gasteiger partial charge in [0.05, 0.1) is 29.0 Å². The first-order valence-electron chi connectivity index (χ1n) is 12.2. The highest BCUT2D eigenvalue weighted by Gasteiger charge is 2.38. The predicted molar refractivity (Wildman–Crippen MR) is 140 cm³/mol. The maximum Gasteiger partial charge on any atom is 0.407 e. The van der Waals surface area contributed by atoms with Crippen LogP contribution in [-0.4, -0.2) is 66.2 Å². The molecule has 1 atom stereocenters. The Kier molecular flexibility index (Phi) is 5.86. The molecule has 1 saturated heterocycles. The predicted octanol–water partition coefficient (Wildman–Crippen LogP) is 4.19. The van der Waals surface area contributed by atoms with Crippen LogP contribution >= 0.6 is 0 Å². The molecule has 0 spiro atoms. The van der Waals surface area contributed by atoms with Crippen LogP contribution in [0.15, 0.2) is 42.9 Å². The highest BCUT2D eigenvalue weighted by molar-refractivity contribution is 5.87. The Balaban J connectivity index is 1.52. The third-order valence-electron chi connectivity index (χ3n) is 7.15. The number of hydrogen-bond acceptors (Lipinski definition) is 6. The molecule has 1 aliphatic rings. The quantitative estimate of drug-likeness (QED) is 0.450. The van der Waals surface area contributed by atoms with E-state index in [4.69, 9.17) is 4.98 Å². The van der Waals surface area contributed by atoms with E-state index >= 15 is 0 Å². The van der Waals surface area contributed by atoms with E-state index in [0.29, 0.717) is 25.2 Å². The molecule has 1 unspecified atom stereocenters. The minimum absolute atomic E-state index is 0.150. The molecule has 5 rings (SSSR count). The molecule has 0 radical (unpaired) electrons. The number of carbonyl (C=O) groups is 1. The Hall–Kier alpha value is -4.39. The molecule has 10 nitrogen and oxygen atoms in total. The minimum Gasteiger partial charge on any atom is -0.465 e. The zero-order valence-electron chi connectivity index (χ0n) is 21.7. The number of anilines is 1. The monoisotopic (exact) mass is 498 g/mol. The van der Waals surface area contributed by atoms with Gasteiger partial charge in [-0.25, -0.2) is 14.3 Å². The van der Waals surface area contributed by atoms with Gasteiger partial charge >= 0.3 is 6.09 Å². The number of hydrogen-bond donors (Lipinski definition) is 1. The molecule has 0 aromatic carbocycles. The highest BCUT2D eigenvalue weighted by Crippen LogP contribution is 2.33. The lowest BCUT2D eigenvalue weighted by atomic mass is 9.84. The summed E-state index contributed by atoms with van der Waals surface area (Å²) >= 11 is 0. The summed E-state index contributed by atoms with van der Waals surface area (Å²) in [7, 11) is 1.91. The molecular weight excluding hydrogens is 468 g/mol. The van der Waals surface area contributed by atoms with Crippen LogP contribution in [0.4, 0.5) is 10.6 Å². The van der Waals surface area contributed by atoms with Gasteiger partial charge in [0.15, 0.2) is 0 Å². The lowest BCUT2D eigenvalue weighted by Gasteiger charge is -2.46. The van der Waals surface area contributed by atoms with Crippen molar-refractivity contribution in [2.75, 3.05) is 24.5 Å². The Bertz CT molecular complexity index is 1500. The summed E-state index contributed by atoms with van der Waals surface area (Å²) in [4.78, 5) is 20.2. The molecule has 5 heterocycles. The second kappa shape index (κ2) is 8.92. The highest BCUT2D eigenvalue weighted by atomic mass is 16.4. The maximum atomic E-state index is 11.8. The molecule has 37 heavy (non-hydrogen) atoms. The Morgan fingerprint density at radius 3 is 2.54 bits per heavy atom. The van der Waals surface area contributed by atoms with Crippen molar-refractivity contribution in [3.63, 3.8) is 0 Å². The molecule has 190 valence electrons. The summed E-state index contributed by atoms with van der Waals surface area (Å²) in [6, 6.07) is 10.1. The van der Waals surface area contributed by atoms with Gasteiger partial charge in [-0.15, -0.1) is 0 Å². The average molecular weight is 499 g/mol. The third-order valence-corrected chi connectivity index (χ3v) is 7.15. The topological polar surface area (TPSA) is 116 Å². The van der Waals surface area contributed by atoms with Crippen molar-refractivity contribution in [1.29, 1.82) is 5.26 Å². The van der Waals surface area contributed by atoms with Gasteiger partial charge in [0.2, 0.25) is 0 Å². The Labute approximate surface area is 215 Å². The minimum atomic E-state index is -0.885. The van der Waals surface area contributed by atoms with Gasteiger partial charge in [0, 0.05) is 61.5 Å². The zero-order chi connectivity index (χ0) is 26.5. The van der Waals surface area contributed by atoms with E-state index in [-0.39, 0.29) is 11.5 Å². The molecule has 1 N–H and O–H groups in total. The Morgan fingerprint density at radius 1 is 1.16 bits per heavy atom. The Morgan fingerprint density at radius 2 is 1.95 bits per heavy atom. The van der Waals surface area contributed by atoms with E-state index < -0.39 is 6.09 Å². The number of aryl methyl sites for hydroxylation is 2. The van der Waals surface area contributed by atoms with Gasteiger partial charge in [-0.3, -0.25) is 4.68 Å². The van der Waals surface area contributed by atoms with Gasteiger partial charge in [-0.1, -0.05) is 20.8 Å². The second-order valence-electron chi connectivity index (χ2n) is 10.6. The summed E-state index contributed by atoms with van der Waals surface area (Å²) < 4.78 is 3.55. The summed E-state index contributed by atoms with van der Waals surface area (Å²) in [6.45, 7) is 9.76. The third kappa shape index (κ3) is 4.37. The van der Waals surface area contributed by atoms with E-state index in [1.165, 1.54) is 4.90 Å². The molecule has 0 bridgehead atoms. The average Bonchev–Trinajstić information content (AvgIpc) is 3.45. The molecular formula is C27H30N8O2. The molecule has 4 aromatic heterocycles. The summed E-state index contributed by atoms with van der Waals surface area (Å²) in [5, 5.41) is 28.4. The molecule has 10 heteroatoms. The lowest BCUT2D eigenvalue weighted by molar-refractivity contribution is 0.0747. The van der Waals surface area contributed by atoms with Gasteiger partial charge in [0.1, 0.15) is 11.9 Å². The van der Waals surface area contributed by atoms with Crippen molar-refractivity contribution in [2.45, 2.75) is 33.7 Å². The van der Waals surface area contributed by atoms with Crippen LogP contribution in [0.1, 0.15) is 32.0 Å². The normalized spacial score (nSPS) is 16.3. The summed E-state index contributed by atoms with van der Waals surface area (Å²) in [5.41, 5.74) is 5.46. The number of nitriles is 1. The number of rotatable bonds is 3. The van der Waals surface area contributed by atoms with Crippen LogP contribution in [0.3, 0.4) is 0 Å². The second-order valence-corrected chi connectivity index (χ2v) is 10.6. The van der Waals surface area contributed by atoms with Crippen molar-refractivity contribution in [1.82, 2.24) is 29.3 Å². The van der Waals surface area contributed by atoms with Crippen LogP contribution in [0.25, 0.3) is 27.9 Å². The van der Waals surface area contributed by atoms with E-state index in [2.05, 4.69) is 41.9 Å². The van der Waals surface area contributed by atoms with Crippen LogP contribution in [-0.2, 0) is 7.05 Å². The first kappa shape index (κ1) is 24.3. The molecule has 0 aliphatic carbocycles. The van der Waals surface area contributed by atoms with E-state index in [1.807, 2.05) is 55.3 Å². The fourth-order valence-electron chi connectivity index (χ4n) is 4.96. The van der Waals surface area contributed by atoms with Crippen LogP contribution in [0, 0.1) is 23.7 Å². The molecule has 1 aliphatic heterocycles. The van der Waals surface area contributed by atoms with Crippen molar-refractivity contribution in [3.05, 3.63) is 54.1 Å². The smallest absolute Gasteiger partial charge is 0.407 e. The van der Waals surface area contributed by atoms with Gasteiger partial charge in [-0.05, 0) is 36.6 Å². The number of aromatic nitrogens is 5. The number of piperazine rings is 1. The number of pyridine rings is 2. The van der Waals surface area contributed by atoms with E-state index in [9.17, 15) is 15.2 Å². The largest absolute Gasteiger partial charge is 0.465 e. The van der Waals surface area contributed by atoms with Crippen molar-refractivity contribution in [3.8, 4) is 28.5 Å². The number of fused-ring (bicyclic) bond motifs is 1. The van der Waals surface area contributed by atoms with E-state index in [0.717, 1.165) is 39.4 Å². The molecule has 1 fully saturated rings. The van der Waals surface area contributed by atoms with Crippen LogP contribution in [0.2, 0.25) is 0 Å². The maximum absolute atomic E-state index is 11.8. The lowest BCUT2D eigenvalue weighted by Crippen LogP contribution is -2.59. The first-order valence-corrected chi connectivity index (χ1v) is 12.2. The van der Waals surface area contributed by atoms with Gasteiger partial charge < -0.3 is 14.9 Å². The SMILES string of the molecule is Cc1cc(-c2cc(-c3ccc(N4CCN(C(=O)O)C(C(C)(C)C)C4)nc3)c3c(C#N)cnn3c2)nn1C. The first-order chi connectivity index (χ1) is 17.6. The van der Waals surface area contributed by atoms with Gasteiger partial charge in [-0.2, -0.15) is 15.5 Å². The number of amides is 1. The zero-order valence-corrected chi connectivity index (χ0v) is 21.7. The van der Waals surface area contributed by atoms with Crippen molar-refractivity contribution >= 4 is 17.4 Å². The van der Waals surface area contributed by atoms with Crippen LogP contribution in [0.5, 0.6) is 0 Å².